The highest BCUT2D eigenvalue weighted by atomic mass is 32.2. The third-order valence-corrected chi connectivity index (χ3v) is 1.96. The van der Waals surface area contributed by atoms with Crippen LogP contribution in [0.3, 0.4) is 0 Å². The summed E-state index contributed by atoms with van der Waals surface area (Å²) in [6.07, 6.45) is 4.77. The van der Waals surface area contributed by atoms with Gasteiger partial charge < -0.3 is 4.74 Å². The van der Waals surface area contributed by atoms with Gasteiger partial charge in [-0.25, -0.2) is 0 Å². The van der Waals surface area contributed by atoms with E-state index in [2.05, 4.69) is 8.92 Å². The van der Waals surface area contributed by atoms with E-state index in [1.807, 2.05) is 5.92 Å². The number of hydrogen-bond donors (Lipinski definition) is 0. The van der Waals surface area contributed by atoms with Crippen LogP contribution in [0.1, 0.15) is 0 Å². The molecule has 0 unspecified atom stereocenters. The first kappa shape index (κ1) is 10.9. The number of terminal acetylenes is 1. The molecule has 0 amide bonds. The maximum absolute atomic E-state index is 10.6. The van der Waals surface area contributed by atoms with Gasteiger partial charge in [-0.05, 0) is 0 Å². The van der Waals surface area contributed by atoms with Gasteiger partial charge in [0.15, 0.2) is 12.4 Å². The zero-order valence-electron chi connectivity index (χ0n) is 6.44. The van der Waals surface area contributed by atoms with Crippen LogP contribution in [-0.4, -0.2) is 33.9 Å². The maximum Gasteiger partial charge on any atom is 0.324 e. The van der Waals surface area contributed by atoms with Crippen LogP contribution in [0.15, 0.2) is 0 Å². The number of hydrogen-bond acceptors (Lipinski definition) is 5. The molecule has 0 fully saturated rings. The summed E-state index contributed by atoms with van der Waals surface area (Å²) in [7, 11) is -2.83. The van der Waals surface area contributed by atoms with Crippen LogP contribution in [0.4, 0.5) is 0 Å². The lowest BCUT2D eigenvalue weighted by molar-refractivity contribution is -0.139. The van der Waals surface area contributed by atoms with E-state index in [0.29, 0.717) is 0 Å². The fraction of sp³-hybridized carbons (Fsp3) is 0.500. The van der Waals surface area contributed by atoms with E-state index in [9.17, 15) is 13.2 Å². The monoisotopic (exact) mass is 192 g/mol. The van der Waals surface area contributed by atoms with Crippen LogP contribution in [0.5, 0.6) is 0 Å². The summed E-state index contributed by atoms with van der Waals surface area (Å²) in [5.74, 6) is 0.288. The van der Waals surface area contributed by atoms with Crippen molar-refractivity contribution in [2.75, 3.05) is 19.5 Å². The first-order valence-electron chi connectivity index (χ1n) is 2.89. The lowest BCUT2D eigenvalue weighted by atomic mass is 10.7. The van der Waals surface area contributed by atoms with Gasteiger partial charge in [-0.3, -0.25) is 8.98 Å². The van der Waals surface area contributed by atoms with Gasteiger partial charge in [0.2, 0.25) is 0 Å². The lowest BCUT2D eigenvalue weighted by Gasteiger charge is -1.99. The zero-order chi connectivity index (χ0) is 9.61. The quantitative estimate of drug-likeness (QED) is 0.329. The Labute approximate surface area is 70.8 Å². The number of ether oxygens (including phenoxy) is 1. The number of carbonyl (C=O) groups excluding carboxylic acids is 1. The van der Waals surface area contributed by atoms with E-state index in [-0.39, 0.29) is 6.61 Å². The fourth-order valence-electron chi connectivity index (χ4n) is 0.367. The molecule has 0 aliphatic rings. The summed E-state index contributed by atoms with van der Waals surface area (Å²) in [4.78, 5) is 10.6. The van der Waals surface area contributed by atoms with Crippen LogP contribution >= 0.6 is 0 Å². The van der Waals surface area contributed by atoms with E-state index in [1.54, 1.807) is 0 Å². The zero-order valence-corrected chi connectivity index (χ0v) is 7.26. The molecule has 0 aromatic carbocycles. The Hall–Kier alpha value is -1.06. The molecule has 0 aliphatic carbocycles. The Morgan fingerprint density at radius 2 is 2.17 bits per heavy atom. The normalized spacial score (nSPS) is 10.3. The van der Waals surface area contributed by atoms with E-state index >= 15 is 0 Å². The van der Waals surface area contributed by atoms with Crippen molar-refractivity contribution in [1.29, 1.82) is 0 Å². The predicted molar refractivity (Wildman–Crippen MR) is 40.6 cm³/mol. The summed E-state index contributed by atoms with van der Waals surface area (Å²) in [6.45, 7) is -0.238. The van der Waals surface area contributed by atoms with Crippen molar-refractivity contribution >= 4 is 16.1 Å². The number of carbonyl (C=O) groups is 1. The van der Waals surface area contributed by atoms with Crippen molar-refractivity contribution in [3.05, 3.63) is 0 Å². The van der Waals surface area contributed by atoms with Crippen LogP contribution in [0.25, 0.3) is 0 Å². The molecule has 0 atom stereocenters. The molecule has 0 aliphatic heterocycles. The van der Waals surface area contributed by atoms with Gasteiger partial charge in [-0.15, -0.1) is 6.42 Å². The van der Waals surface area contributed by atoms with Gasteiger partial charge in [0.05, 0.1) is 7.11 Å². The maximum atomic E-state index is 10.6. The van der Waals surface area contributed by atoms with Crippen LogP contribution in [0.2, 0.25) is 0 Å². The molecule has 6 heteroatoms. The summed E-state index contributed by atoms with van der Waals surface area (Å²) in [5.41, 5.74) is 0. The van der Waals surface area contributed by atoms with Gasteiger partial charge in [-0.1, -0.05) is 5.92 Å². The van der Waals surface area contributed by atoms with Gasteiger partial charge in [0, 0.05) is 0 Å². The van der Waals surface area contributed by atoms with Crippen LogP contribution in [0, 0.1) is 12.3 Å². The van der Waals surface area contributed by atoms with E-state index in [1.165, 1.54) is 0 Å². The van der Waals surface area contributed by atoms with Gasteiger partial charge >= 0.3 is 5.97 Å². The third-order valence-electron chi connectivity index (χ3n) is 0.865. The highest BCUT2D eigenvalue weighted by Crippen LogP contribution is 1.91. The second-order valence-corrected chi connectivity index (χ2v) is 3.47. The van der Waals surface area contributed by atoms with Gasteiger partial charge in [0.25, 0.3) is 10.1 Å². The molecular weight excluding hydrogens is 184 g/mol. The SMILES string of the molecule is C#CCOC(=O)CS(=O)(=O)OC. The van der Waals surface area contributed by atoms with Crippen molar-refractivity contribution in [3.63, 3.8) is 0 Å². The van der Waals surface area contributed by atoms with Gasteiger partial charge in [0.1, 0.15) is 0 Å². The molecule has 0 aromatic heterocycles. The summed E-state index contributed by atoms with van der Waals surface area (Å²) >= 11 is 0. The molecule has 0 saturated heterocycles. The Morgan fingerprint density at radius 3 is 2.58 bits per heavy atom. The van der Waals surface area contributed by atoms with Crippen LogP contribution < -0.4 is 0 Å². The molecule has 0 spiro atoms. The lowest BCUT2D eigenvalue weighted by Crippen LogP contribution is -2.19. The minimum absolute atomic E-state index is 0.238. The molecule has 5 nitrogen and oxygen atoms in total. The Balaban J connectivity index is 3.95. The van der Waals surface area contributed by atoms with Crippen molar-refractivity contribution in [1.82, 2.24) is 0 Å². The average molecular weight is 192 g/mol. The van der Waals surface area contributed by atoms with E-state index in [4.69, 9.17) is 6.42 Å². The van der Waals surface area contributed by atoms with Crippen LogP contribution in [-0.2, 0) is 23.8 Å². The number of esters is 1. The Bertz CT molecular complexity index is 284. The topological polar surface area (TPSA) is 69.7 Å². The highest BCUT2D eigenvalue weighted by molar-refractivity contribution is 7.87. The van der Waals surface area contributed by atoms with Crippen molar-refractivity contribution < 1.29 is 22.1 Å². The molecule has 0 heterocycles. The van der Waals surface area contributed by atoms with E-state index in [0.717, 1.165) is 7.11 Å². The molecular formula is C6H8O5S. The molecule has 0 N–H and O–H groups in total. The Kier molecular flexibility index (Phi) is 4.33. The average Bonchev–Trinajstić information content (AvgIpc) is 2.00. The molecule has 0 bridgehead atoms. The minimum Gasteiger partial charge on any atom is -0.452 e. The fourth-order valence-corrected chi connectivity index (χ4v) is 0.857. The predicted octanol–water partition coefficient (Wildman–Crippen LogP) is -0.861. The van der Waals surface area contributed by atoms with E-state index < -0.39 is 21.8 Å². The summed E-state index contributed by atoms with van der Waals surface area (Å²) in [5, 5.41) is 0. The Morgan fingerprint density at radius 1 is 1.58 bits per heavy atom. The van der Waals surface area contributed by atoms with Crippen molar-refractivity contribution in [3.8, 4) is 12.3 Å². The summed E-state index contributed by atoms with van der Waals surface area (Å²) < 4.78 is 29.5. The number of rotatable bonds is 4. The molecule has 0 saturated carbocycles. The first-order chi connectivity index (χ1) is 5.52. The van der Waals surface area contributed by atoms with Crippen molar-refractivity contribution in [2.45, 2.75) is 0 Å². The van der Waals surface area contributed by atoms with Crippen molar-refractivity contribution in [2.24, 2.45) is 0 Å². The standard InChI is InChI=1S/C6H8O5S/c1-3-4-11-6(7)5-12(8,9)10-2/h1H,4-5H2,2H3. The molecule has 0 aromatic rings. The largest absolute Gasteiger partial charge is 0.452 e. The second kappa shape index (κ2) is 4.74. The highest BCUT2D eigenvalue weighted by Gasteiger charge is 2.16. The smallest absolute Gasteiger partial charge is 0.324 e. The molecule has 0 radical (unpaired) electrons. The molecule has 68 valence electrons. The summed E-state index contributed by atoms with van der Waals surface area (Å²) in [6, 6.07) is 0. The molecule has 0 rings (SSSR count). The van der Waals surface area contributed by atoms with Gasteiger partial charge in [-0.2, -0.15) is 8.42 Å². The third kappa shape index (κ3) is 4.71. The second-order valence-electron chi connectivity index (χ2n) is 1.73. The first-order valence-corrected chi connectivity index (χ1v) is 4.47. The molecule has 12 heavy (non-hydrogen) atoms. The minimum atomic E-state index is -3.79.